The lowest BCUT2D eigenvalue weighted by molar-refractivity contribution is -0.144. The first-order valence-electron chi connectivity index (χ1n) is 12.3. The van der Waals surface area contributed by atoms with E-state index in [4.69, 9.17) is 13.9 Å². The first-order valence-corrected chi connectivity index (χ1v) is 13.7. The normalized spacial score (nSPS) is 20.1. The molecule has 11 nitrogen and oxygen atoms in total. The van der Waals surface area contributed by atoms with Gasteiger partial charge in [0.15, 0.2) is 0 Å². The van der Waals surface area contributed by atoms with Gasteiger partial charge in [0.1, 0.15) is 28.9 Å². The summed E-state index contributed by atoms with van der Waals surface area (Å²) in [5.41, 5.74) is -1.31. The van der Waals surface area contributed by atoms with Crippen molar-refractivity contribution in [2.45, 2.75) is 43.7 Å². The Hall–Kier alpha value is -3.48. The zero-order chi connectivity index (χ0) is 27.2. The summed E-state index contributed by atoms with van der Waals surface area (Å²) < 4.78 is 43.8. The van der Waals surface area contributed by atoms with Gasteiger partial charge in [-0.1, -0.05) is 13.0 Å². The van der Waals surface area contributed by atoms with Crippen molar-refractivity contribution in [2.75, 3.05) is 37.5 Å². The van der Waals surface area contributed by atoms with Crippen LogP contribution in [0.3, 0.4) is 0 Å². The molecule has 202 valence electrons. The minimum Gasteiger partial charge on any atom is -0.468 e. The van der Waals surface area contributed by atoms with Crippen molar-refractivity contribution in [1.29, 1.82) is 0 Å². The molecule has 2 atom stereocenters. The third kappa shape index (κ3) is 4.42. The molecule has 2 aliphatic rings. The summed E-state index contributed by atoms with van der Waals surface area (Å²) >= 11 is 0. The predicted molar refractivity (Wildman–Crippen MR) is 139 cm³/mol. The largest absolute Gasteiger partial charge is 0.468 e. The van der Waals surface area contributed by atoms with E-state index in [-0.39, 0.29) is 28.2 Å². The van der Waals surface area contributed by atoms with Crippen LogP contribution in [0, 0.1) is 12.3 Å². The van der Waals surface area contributed by atoms with E-state index in [1.807, 2.05) is 26.0 Å². The molecule has 0 amide bonds. The van der Waals surface area contributed by atoms with Crippen molar-refractivity contribution in [2.24, 2.45) is 5.41 Å². The molecule has 2 aliphatic heterocycles. The summed E-state index contributed by atoms with van der Waals surface area (Å²) in [5.74, 6) is 0.724. The highest BCUT2D eigenvalue weighted by atomic mass is 32.2. The van der Waals surface area contributed by atoms with Crippen LogP contribution < -0.4 is 21.5 Å². The van der Waals surface area contributed by atoms with Crippen molar-refractivity contribution >= 4 is 33.1 Å². The average Bonchev–Trinajstić information content (AvgIpc) is 3.56. The Morgan fingerprint density at radius 2 is 1.89 bits per heavy atom. The second-order valence-electron chi connectivity index (χ2n) is 10.0. The van der Waals surface area contributed by atoms with Crippen LogP contribution in [-0.4, -0.2) is 51.6 Å². The van der Waals surface area contributed by atoms with Crippen molar-refractivity contribution < 1.29 is 27.1 Å². The fraction of sp³-hybridized carbons (Fsp3) is 0.423. The van der Waals surface area contributed by atoms with Crippen molar-refractivity contribution in [1.82, 2.24) is 4.31 Å². The smallest absolute Gasteiger partial charge is 0.324 e. The topological polar surface area (TPSA) is 144 Å². The number of esters is 1. The number of carbonyl (C=O) groups is 1. The SMILES string of the molecule is COC(=O)C1CCCN1S(=O)(=O)c1cccc(Nc2c(NC(c3ccc(C)o3)C3(C)COC3)c(=O)c2=O)c1. The van der Waals surface area contributed by atoms with Gasteiger partial charge < -0.3 is 24.5 Å². The van der Waals surface area contributed by atoms with Gasteiger partial charge in [-0.3, -0.25) is 14.4 Å². The number of ether oxygens (including phenoxy) is 2. The molecular weight excluding hydrogens is 514 g/mol. The summed E-state index contributed by atoms with van der Waals surface area (Å²) in [5, 5.41) is 6.10. The first-order chi connectivity index (χ1) is 18.0. The number of furan rings is 1. The van der Waals surface area contributed by atoms with Gasteiger partial charge in [-0.15, -0.1) is 0 Å². The molecule has 38 heavy (non-hydrogen) atoms. The summed E-state index contributed by atoms with van der Waals surface area (Å²) in [6.45, 7) is 4.92. The van der Waals surface area contributed by atoms with Gasteiger partial charge in [-0.05, 0) is 50.1 Å². The standard InChI is InChI=1S/C26H29N3O8S/c1-15-9-10-19(37-15)24(26(2)13-36-14-26)28-21-20(22(30)23(21)31)27-16-6-4-7-17(12-16)38(33,34)29-11-5-8-18(29)25(32)35-3/h4,6-7,9-10,12,18,24,27-28H,5,8,11,13-14H2,1-3H3. The maximum Gasteiger partial charge on any atom is 0.324 e. The molecule has 2 N–H and O–H groups in total. The number of benzene rings is 1. The molecule has 0 saturated carbocycles. The summed E-state index contributed by atoms with van der Waals surface area (Å²) in [6.07, 6.45) is 0.915. The number of rotatable bonds is 9. The Balaban J connectivity index is 1.41. The lowest BCUT2D eigenvalue weighted by Crippen LogP contribution is -2.49. The quantitative estimate of drug-likeness (QED) is 0.305. The zero-order valence-corrected chi connectivity index (χ0v) is 22.1. The van der Waals surface area contributed by atoms with Gasteiger partial charge in [-0.2, -0.15) is 4.31 Å². The second kappa shape index (κ2) is 9.68. The van der Waals surface area contributed by atoms with E-state index in [0.29, 0.717) is 43.3 Å². The number of anilines is 3. The van der Waals surface area contributed by atoms with Crippen LogP contribution in [0.5, 0.6) is 0 Å². The van der Waals surface area contributed by atoms with Crippen molar-refractivity contribution in [3.05, 3.63) is 68.4 Å². The third-order valence-corrected chi connectivity index (χ3v) is 9.10. The van der Waals surface area contributed by atoms with Crippen LogP contribution in [0.2, 0.25) is 0 Å². The van der Waals surface area contributed by atoms with Gasteiger partial charge in [0.05, 0.1) is 31.3 Å². The molecule has 0 radical (unpaired) electrons. The molecule has 5 rings (SSSR count). The fourth-order valence-corrected chi connectivity index (χ4v) is 6.69. The number of hydrogen-bond acceptors (Lipinski definition) is 10. The van der Waals surface area contributed by atoms with E-state index in [1.165, 1.54) is 25.3 Å². The van der Waals surface area contributed by atoms with E-state index < -0.39 is 38.9 Å². The fourth-order valence-electron chi connectivity index (χ4n) is 4.99. The van der Waals surface area contributed by atoms with E-state index in [0.717, 1.165) is 4.31 Å². The zero-order valence-electron chi connectivity index (χ0n) is 21.3. The minimum absolute atomic E-state index is 0.0373. The van der Waals surface area contributed by atoms with Crippen LogP contribution in [0.4, 0.5) is 17.1 Å². The highest BCUT2D eigenvalue weighted by molar-refractivity contribution is 7.89. The number of nitrogens with zero attached hydrogens (tertiary/aromatic N) is 1. The summed E-state index contributed by atoms with van der Waals surface area (Å²) in [4.78, 5) is 37.2. The van der Waals surface area contributed by atoms with Gasteiger partial charge >= 0.3 is 5.97 Å². The van der Waals surface area contributed by atoms with Crippen LogP contribution in [0.15, 0.2) is 55.3 Å². The third-order valence-electron chi connectivity index (χ3n) is 7.19. The minimum atomic E-state index is -4.01. The van der Waals surface area contributed by atoms with Gasteiger partial charge in [0.2, 0.25) is 10.0 Å². The maximum absolute atomic E-state index is 13.3. The Labute approximate surface area is 219 Å². The molecule has 0 spiro atoms. The lowest BCUT2D eigenvalue weighted by atomic mass is 9.79. The Morgan fingerprint density at radius 1 is 1.16 bits per heavy atom. The van der Waals surface area contributed by atoms with Crippen LogP contribution in [0.25, 0.3) is 0 Å². The molecule has 2 fully saturated rings. The van der Waals surface area contributed by atoms with E-state index in [1.54, 1.807) is 6.07 Å². The Bertz CT molecular complexity index is 1550. The van der Waals surface area contributed by atoms with Crippen LogP contribution in [0.1, 0.15) is 37.3 Å². The van der Waals surface area contributed by atoms with Gasteiger partial charge in [0, 0.05) is 17.6 Å². The molecule has 2 unspecified atom stereocenters. The number of hydrogen-bond donors (Lipinski definition) is 2. The summed E-state index contributed by atoms with van der Waals surface area (Å²) in [6, 6.07) is 8.25. The number of carbonyl (C=O) groups excluding carboxylic acids is 1. The van der Waals surface area contributed by atoms with Gasteiger partial charge in [0.25, 0.3) is 10.9 Å². The molecule has 0 aliphatic carbocycles. The number of methoxy groups -OCH3 is 1. The predicted octanol–water partition coefficient (Wildman–Crippen LogP) is 2.44. The lowest BCUT2D eigenvalue weighted by Gasteiger charge is -2.44. The number of nitrogens with one attached hydrogen (secondary N) is 2. The molecule has 3 heterocycles. The second-order valence-corrected chi connectivity index (χ2v) is 11.9. The molecule has 1 aromatic heterocycles. The van der Waals surface area contributed by atoms with Gasteiger partial charge in [-0.25, -0.2) is 8.42 Å². The van der Waals surface area contributed by atoms with Crippen LogP contribution >= 0.6 is 0 Å². The molecule has 2 aromatic carbocycles. The van der Waals surface area contributed by atoms with Crippen molar-refractivity contribution in [3.63, 3.8) is 0 Å². The van der Waals surface area contributed by atoms with E-state index in [9.17, 15) is 22.8 Å². The van der Waals surface area contributed by atoms with E-state index >= 15 is 0 Å². The Kier molecular flexibility index (Phi) is 6.66. The first kappa shape index (κ1) is 26.1. The number of aryl methyl sites for hydroxylation is 1. The van der Waals surface area contributed by atoms with Crippen molar-refractivity contribution in [3.8, 4) is 0 Å². The highest BCUT2D eigenvalue weighted by Gasteiger charge is 2.45. The van der Waals surface area contributed by atoms with Crippen LogP contribution in [-0.2, 0) is 24.3 Å². The molecule has 12 heteroatoms. The summed E-state index contributed by atoms with van der Waals surface area (Å²) in [7, 11) is -2.79. The average molecular weight is 544 g/mol. The molecule has 0 bridgehead atoms. The molecule has 3 aromatic rings. The van der Waals surface area contributed by atoms with E-state index in [2.05, 4.69) is 10.6 Å². The monoisotopic (exact) mass is 543 g/mol. The highest BCUT2D eigenvalue weighted by Crippen LogP contribution is 2.43. The maximum atomic E-state index is 13.3. The number of sulfonamides is 1. The Morgan fingerprint density at radius 3 is 2.53 bits per heavy atom. The molecular formula is C26H29N3O8S. The molecule has 2 saturated heterocycles.